The largest absolute Gasteiger partial charge is 0.458 e. The summed E-state index contributed by atoms with van der Waals surface area (Å²) in [5.41, 5.74) is 5.35. The summed E-state index contributed by atoms with van der Waals surface area (Å²) in [5, 5.41) is 17.8. The number of rotatable bonds is 11. The Labute approximate surface area is 342 Å². The number of nitrogens with zero attached hydrogens (tertiary/aromatic N) is 7. The van der Waals surface area contributed by atoms with Crippen LogP contribution in [-0.4, -0.2) is 104 Å². The summed E-state index contributed by atoms with van der Waals surface area (Å²) in [6.07, 6.45) is 9.83. The Morgan fingerprint density at radius 2 is 1.78 bits per heavy atom. The van der Waals surface area contributed by atoms with Gasteiger partial charge in [0.25, 0.3) is 0 Å². The lowest BCUT2D eigenvalue weighted by Gasteiger charge is -2.39. The van der Waals surface area contributed by atoms with Gasteiger partial charge < -0.3 is 35.2 Å². The number of hydrogen-bond acceptors (Lipinski definition) is 11. The number of fused-ring (bicyclic) bond motifs is 2. The van der Waals surface area contributed by atoms with Gasteiger partial charge in [0.05, 0.1) is 18.4 Å². The molecule has 13 heteroatoms. The molecular formula is C45H60N10O3. The number of ether oxygens (including phenoxy) is 2. The van der Waals surface area contributed by atoms with Crippen LogP contribution < -0.4 is 20.7 Å². The molecule has 5 aromatic rings. The Balaban J connectivity index is 0.967. The van der Waals surface area contributed by atoms with Crippen LogP contribution in [0.5, 0.6) is 6.01 Å². The molecule has 2 aromatic carbocycles. The number of likely N-dealkylation sites (tertiary alicyclic amines) is 2. The molecule has 3 aliphatic rings. The van der Waals surface area contributed by atoms with Crippen molar-refractivity contribution in [2.24, 2.45) is 5.92 Å². The Bertz CT molecular complexity index is 2190. The number of amides is 1. The van der Waals surface area contributed by atoms with Crippen LogP contribution >= 0.6 is 0 Å². The van der Waals surface area contributed by atoms with Gasteiger partial charge in [-0.3, -0.25) is 4.98 Å². The molecule has 13 nitrogen and oxygen atoms in total. The summed E-state index contributed by atoms with van der Waals surface area (Å²) in [4.78, 5) is 31.9. The quantitative estimate of drug-likeness (QED) is 0.121. The molecule has 0 spiro atoms. The maximum absolute atomic E-state index is 12.9. The number of pyridine rings is 1. The third kappa shape index (κ3) is 9.31. The van der Waals surface area contributed by atoms with Gasteiger partial charge in [-0.2, -0.15) is 19.6 Å². The van der Waals surface area contributed by atoms with E-state index in [1.165, 1.54) is 38.8 Å². The maximum atomic E-state index is 12.9. The van der Waals surface area contributed by atoms with Crippen LogP contribution in [0.3, 0.4) is 0 Å². The number of benzene rings is 2. The van der Waals surface area contributed by atoms with Crippen molar-refractivity contribution in [3.63, 3.8) is 0 Å². The van der Waals surface area contributed by atoms with Crippen LogP contribution in [0.2, 0.25) is 0 Å². The van der Waals surface area contributed by atoms with Crippen LogP contribution in [0.25, 0.3) is 27.7 Å². The van der Waals surface area contributed by atoms with Crippen molar-refractivity contribution in [3.05, 3.63) is 72.1 Å². The third-order valence-electron chi connectivity index (χ3n) is 11.8. The van der Waals surface area contributed by atoms with E-state index in [-0.39, 0.29) is 24.1 Å². The van der Waals surface area contributed by atoms with Gasteiger partial charge in [-0.15, -0.1) is 0 Å². The van der Waals surface area contributed by atoms with Gasteiger partial charge in [-0.1, -0.05) is 44.2 Å². The van der Waals surface area contributed by atoms with Crippen molar-refractivity contribution >= 4 is 34.1 Å². The first kappa shape index (κ1) is 39.8. The zero-order valence-corrected chi connectivity index (χ0v) is 34.8. The van der Waals surface area contributed by atoms with Crippen LogP contribution in [0.15, 0.2) is 60.9 Å². The van der Waals surface area contributed by atoms with Crippen LogP contribution in [0, 0.1) is 5.92 Å². The maximum Gasteiger partial charge on any atom is 0.410 e. The van der Waals surface area contributed by atoms with E-state index in [1.54, 1.807) is 9.42 Å². The molecule has 1 atom stereocenters. The highest BCUT2D eigenvalue weighted by atomic mass is 16.6. The topological polar surface area (TPSA) is 134 Å². The number of nitrogens with one attached hydrogen (secondary N) is 3. The van der Waals surface area contributed by atoms with Crippen molar-refractivity contribution in [2.75, 3.05) is 56.4 Å². The molecule has 0 radical (unpaired) electrons. The van der Waals surface area contributed by atoms with Gasteiger partial charge in [0.15, 0.2) is 5.65 Å². The molecule has 8 rings (SSSR count). The summed E-state index contributed by atoms with van der Waals surface area (Å²) in [5.74, 6) is 1.42. The SMILES string of the molecule is CC(C)c1cnn2c(NCc3ccccc3-c3nccc4cc(NCC5CCN(C6CCNCC6)CC5)ccc34)nc(O[C@@H]3CCCN(C(=O)OC(C)(C)C)C3)nc12. The standard InChI is InChI=1S/C45H60N10O3/c1-30(2)39-28-50-55-41(39)51-43(57-36-10-8-22-54(29-36)44(56)58-45(3,4)5)52-42(55)49-27-33-9-6-7-11-37(33)40-38-13-12-34(25-32(38)14-21-47-40)48-26-31-17-23-53(24-18-31)35-15-19-46-20-16-35/h6-7,9,11-14,21,25,28,30-31,35-36,46,48H,8,10,15-20,22-24,26-27,29H2,1-5H3,(H,49,51,52)/t36-/m1/s1. The van der Waals surface area contributed by atoms with E-state index in [0.717, 1.165) is 77.4 Å². The van der Waals surface area contributed by atoms with Crippen LogP contribution in [0.4, 0.5) is 16.4 Å². The number of anilines is 2. The Morgan fingerprint density at radius 3 is 2.57 bits per heavy atom. The van der Waals surface area contributed by atoms with Crippen molar-refractivity contribution in [1.29, 1.82) is 0 Å². The molecule has 0 unspecified atom stereocenters. The predicted molar refractivity (Wildman–Crippen MR) is 230 cm³/mol. The first-order valence-electron chi connectivity index (χ1n) is 21.4. The van der Waals surface area contributed by atoms with E-state index < -0.39 is 5.60 Å². The minimum Gasteiger partial charge on any atom is -0.458 e. The number of hydrogen-bond donors (Lipinski definition) is 3. The van der Waals surface area contributed by atoms with Gasteiger partial charge in [0.2, 0.25) is 5.95 Å². The fraction of sp³-hybridized carbons (Fsp3) is 0.533. The predicted octanol–water partition coefficient (Wildman–Crippen LogP) is 7.73. The molecule has 3 saturated heterocycles. The second-order valence-corrected chi connectivity index (χ2v) is 17.6. The van der Waals surface area contributed by atoms with Crippen molar-refractivity contribution in [2.45, 2.75) is 103 Å². The van der Waals surface area contributed by atoms with E-state index in [0.29, 0.717) is 37.1 Å². The van der Waals surface area contributed by atoms with Gasteiger partial charge in [0, 0.05) is 54.1 Å². The monoisotopic (exact) mass is 788 g/mol. The van der Waals surface area contributed by atoms with Gasteiger partial charge in [-0.05, 0) is 126 Å². The van der Waals surface area contributed by atoms with Crippen molar-refractivity contribution < 1.29 is 14.3 Å². The molecule has 0 bridgehead atoms. The fourth-order valence-electron chi connectivity index (χ4n) is 8.66. The number of piperidine rings is 3. The minimum absolute atomic E-state index is 0.196. The summed E-state index contributed by atoms with van der Waals surface area (Å²) in [6, 6.07) is 18.2. The molecule has 3 N–H and O–H groups in total. The highest BCUT2D eigenvalue weighted by Crippen LogP contribution is 2.32. The molecule has 308 valence electrons. The fourth-order valence-corrected chi connectivity index (χ4v) is 8.66. The van der Waals surface area contributed by atoms with Crippen molar-refractivity contribution in [1.82, 2.24) is 39.7 Å². The van der Waals surface area contributed by atoms with E-state index in [1.807, 2.05) is 33.2 Å². The number of carbonyl (C=O) groups is 1. The lowest BCUT2D eigenvalue weighted by atomic mass is 9.93. The van der Waals surface area contributed by atoms with Crippen molar-refractivity contribution in [3.8, 4) is 17.3 Å². The molecule has 0 saturated carbocycles. The Hall–Kier alpha value is -5.01. The Morgan fingerprint density at radius 1 is 0.966 bits per heavy atom. The van der Waals surface area contributed by atoms with Gasteiger partial charge >= 0.3 is 12.1 Å². The second-order valence-electron chi connectivity index (χ2n) is 17.6. The molecule has 0 aliphatic carbocycles. The highest BCUT2D eigenvalue weighted by Gasteiger charge is 2.30. The van der Waals surface area contributed by atoms with Crippen LogP contribution in [-0.2, 0) is 11.3 Å². The smallest absolute Gasteiger partial charge is 0.410 e. The first-order chi connectivity index (χ1) is 28.1. The summed E-state index contributed by atoms with van der Waals surface area (Å²) in [6.45, 7) is 17.1. The second kappa shape index (κ2) is 17.5. The number of carbonyl (C=O) groups excluding carboxylic acids is 1. The molecule has 3 fully saturated rings. The lowest BCUT2D eigenvalue weighted by molar-refractivity contribution is 0.00662. The third-order valence-corrected chi connectivity index (χ3v) is 11.8. The first-order valence-corrected chi connectivity index (χ1v) is 21.4. The van der Waals surface area contributed by atoms with E-state index in [9.17, 15) is 4.79 Å². The highest BCUT2D eigenvalue weighted by molar-refractivity contribution is 5.96. The van der Waals surface area contributed by atoms with Gasteiger partial charge in [-0.25, -0.2) is 4.79 Å². The molecule has 3 aromatic heterocycles. The van der Waals surface area contributed by atoms with Gasteiger partial charge in [0.1, 0.15) is 11.7 Å². The summed E-state index contributed by atoms with van der Waals surface area (Å²) < 4.78 is 13.8. The molecular weight excluding hydrogens is 729 g/mol. The zero-order chi connectivity index (χ0) is 40.2. The average molecular weight is 789 g/mol. The lowest BCUT2D eigenvalue weighted by Crippen LogP contribution is -2.47. The van der Waals surface area contributed by atoms with E-state index in [4.69, 9.17) is 24.4 Å². The summed E-state index contributed by atoms with van der Waals surface area (Å²) in [7, 11) is 0. The molecule has 3 aliphatic heterocycles. The molecule has 1 amide bonds. The average Bonchev–Trinajstić information content (AvgIpc) is 3.67. The summed E-state index contributed by atoms with van der Waals surface area (Å²) >= 11 is 0. The molecule has 6 heterocycles. The minimum atomic E-state index is -0.567. The zero-order valence-electron chi connectivity index (χ0n) is 34.8. The molecule has 58 heavy (non-hydrogen) atoms. The Kier molecular flexibility index (Phi) is 12.0. The van der Waals surface area contributed by atoms with Crippen LogP contribution in [0.1, 0.15) is 90.2 Å². The van der Waals surface area contributed by atoms with E-state index >= 15 is 0 Å². The van der Waals surface area contributed by atoms with E-state index in [2.05, 4.69) is 88.3 Å². The normalized spacial score (nSPS) is 18.9. The number of aromatic nitrogens is 5.